The predicted octanol–water partition coefficient (Wildman–Crippen LogP) is 2.75. The summed E-state index contributed by atoms with van der Waals surface area (Å²) < 4.78 is 5.60. The number of anilines is 1. The minimum absolute atomic E-state index is 0.0774. The van der Waals surface area contributed by atoms with Gasteiger partial charge in [0.25, 0.3) is 0 Å². The highest BCUT2D eigenvalue weighted by Crippen LogP contribution is 2.20. The van der Waals surface area contributed by atoms with Crippen LogP contribution in [0.2, 0.25) is 0 Å². The second-order valence-corrected chi connectivity index (χ2v) is 6.74. The van der Waals surface area contributed by atoms with E-state index in [1.165, 1.54) is 0 Å². The van der Waals surface area contributed by atoms with Crippen LogP contribution in [-0.2, 0) is 0 Å². The summed E-state index contributed by atoms with van der Waals surface area (Å²) in [5.74, 6) is 1.17. The van der Waals surface area contributed by atoms with E-state index < -0.39 is 0 Å². The van der Waals surface area contributed by atoms with Crippen molar-refractivity contribution in [1.82, 2.24) is 9.97 Å². The number of nitrogens with one attached hydrogen (secondary N) is 1. The number of aryl methyl sites for hydroxylation is 1. The molecule has 0 saturated heterocycles. The summed E-state index contributed by atoms with van der Waals surface area (Å²) in [6.45, 7) is 13.1. The van der Waals surface area contributed by atoms with Crippen LogP contribution >= 0.6 is 0 Å². The van der Waals surface area contributed by atoms with Gasteiger partial charge in [-0.05, 0) is 32.6 Å². The first-order chi connectivity index (χ1) is 9.15. The van der Waals surface area contributed by atoms with Gasteiger partial charge in [0.1, 0.15) is 0 Å². The van der Waals surface area contributed by atoms with E-state index in [1.54, 1.807) is 0 Å². The highest BCUT2D eigenvalue weighted by molar-refractivity contribution is 5.30. The number of rotatable bonds is 6. The SMILES string of the molecule is Cc1cc(OC(C)C)nc(NCC(N)CC(C)(C)C)n1. The van der Waals surface area contributed by atoms with E-state index in [9.17, 15) is 0 Å². The number of ether oxygens (including phenoxy) is 1. The van der Waals surface area contributed by atoms with Crippen LogP contribution in [0.5, 0.6) is 5.88 Å². The topological polar surface area (TPSA) is 73.1 Å². The van der Waals surface area contributed by atoms with Gasteiger partial charge in [-0.3, -0.25) is 0 Å². The molecule has 1 rings (SSSR count). The van der Waals surface area contributed by atoms with Crippen LogP contribution in [0.1, 0.15) is 46.7 Å². The molecule has 5 nitrogen and oxygen atoms in total. The van der Waals surface area contributed by atoms with Crippen molar-refractivity contribution in [2.75, 3.05) is 11.9 Å². The van der Waals surface area contributed by atoms with E-state index >= 15 is 0 Å². The fraction of sp³-hybridized carbons (Fsp3) is 0.733. The van der Waals surface area contributed by atoms with Gasteiger partial charge in [-0.1, -0.05) is 20.8 Å². The molecule has 0 amide bonds. The number of aromatic nitrogens is 2. The summed E-state index contributed by atoms with van der Waals surface area (Å²) in [6, 6.07) is 1.91. The number of nitrogens with two attached hydrogens (primary N) is 1. The van der Waals surface area contributed by atoms with E-state index in [4.69, 9.17) is 10.5 Å². The average molecular weight is 280 g/mol. The summed E-state index contributed by atoms with van der Waals surface area (Å²) in [6.07, 6.45) is 1.04. The van der Waals surface area contributed by atoms with E-state index in [0.717, 1.165) is 12.1 Å². The minimum Gasteiger partial charge on any atom is -0.475 e. The molecule has 0 aromatic carbocycles. The molecule has 1 aromatic heterocycles. The molecule has 1 atom stereocenters. The van der Waals surface area contributed by atoms with Crippen molar-refractivity contribution < 1.29 is 4.74 Å². The lowest BCUT2D eigenvalue weighted by Crippen LogP contribution is -2.33. The number of nitrogens with zero attached hydrogens (tertiary/aromatic N) is 2. The molecule has 20 heavy (non-hydrogen) atoms. The van der Waals surface area contributed by atoms with Crippen molar-refractivity contribution >= 4 is 5.95 Å². The largest absolute Gasteiger partial charge is 0.475 e. The molecule has 0 spiro atoms. The van der Waals surface area contributed by atoms with E-state index in [1.807, 2.05) is 26.8 Å². The van der Waals surface area contributed by atoms with Crippen molar-refractivity contribution in [2.24, 2.45) is 11.1 Å². The van der Waals surface area contributed by atoms with Gasteiger partial charge < -0.3 is 15.8 Å². The van der Waals surface area contributed by atoms with Crippen molar-refractivity contribution in [2.45, 2.75) is 60.1 Å². The summed E-state index contributed by atoms with van der Waals surface area (Å²) in [5, 5.41) is 3.19. The summed E-state index contributed by atoms with van der Waals surface area (Å²) >= 11 is 0. The molecule has 1 unspecified atom stereocenters. The molecule has 0 fully saturated rings. The fourth-order valence-corrected chi connectivity index (χ4v) is 2.00. The van der Waals surface area contributed by atoms with Gasteiger partial charge in [-0.2, -0.15) is 4.98 Å². The number of hydrogen-bond acceptors (Lipinski definition) is 5. The molecule has 0 aliphatic rings. The molecule has 0 radical (unpaired) electrons. The maximum absolute atomic E-state index is 6.12. The van der Waals surface area contributed by atoms with Crippen molar-refractivity contribution in [3.63, 3.8) is 0 Å². The van der Waals surface area contributed by atoms with E-state index in [2.05, 4.69) is 36.1 Å². The Balaban J connectivity index is 2.61. The van der Waals surface area contributed by atoms with E-state index in [0.29, 0.717) is 18.4 Å². The molecular formula is C15H28N4O. The van der Waals surface area contributed by atoms with Crippen LogP contribution in [0.25, 0.3) is 0 Å². The molecule has 114 valence electrons. The summed E-state index contributed by atoms with van der Waals surface area (Å²) in [4.78, 5) is 8.69. The lowest BCUT2D eigenvalue weighted by atomic mass is 9.88. The fourth-order valence-electron chi connectivity index (χ4n) is 2.00. The predicted molar refractivity (Wildman–Crippen MR) is 83.1 cm³/mol. The molecule has 0 bridgehead atoms. The van der Waals surface area contributed by atoms with Gasteiger partial charge in [-0.25, -0.2) is 4.98 Å². The lowest BCUT2D eigenvalue weighted by Gasteiger charge is -2.23. The normalized spacial score (nSPS) is 13.4. The smallest absolute Gasteiger partial charge is 0.226 e. The molecule has 0 saturated carbocycles. The second kappa shape index (κ2) is 6.88. The monoisotopic (exact) mass is 280 g/mol. The summed E-state index contributed by atoms with van der Waals surface area (Å²) in [5.41, 5.74) is 7.22. The Morgan fingerprint density at radius 2 is 1.95 bits per heavy atom. The first-order valence-electron chi connectivity index (χ1n) is 7.17. The van der Waals surface area contributed by atoms with Crippen LogP contribution in [0.3, 0.4) is 0 Å². The second-order valence-electron chi connectivity index (χ2n) is 6.74. The minimum atomic E-state index is 0.0774. The van der Waals surface area contributed by atoms with Crippen LogP contribution < -0.4 is 15.8 Å². The average Bonchev–Trinajstić information content (AvgIpc) is 2.22. The molecular weight excluding hydrogens is 252 g/mol. The van der Waals surface area contributed by atoms with Crippen molar-refractivity contribution in [1.29, 1.82) is 0 Å². The Labute approximate surface area is 122 Å². The molecule has 5 heteroatoms. The third kappa shape index (κ3) is 6.70. The lowest BCUT2D eigenvalue weighted by molar-refractivity contribution is 0.232. The highest BCUT2D eigenvalue weighted by atomic mass is 16.5. The highest BCUT2D eigenvalue weighted by Gasteiger charge is 2.16. The number of hydrogen-bond donors (Lipinski definition) is 2. The zero-order valence-corrected chi connectivity index (χ0v) is 13.5. The Hall–Kier alpha value is -1.36. The quantitative estimate of drug-likeness (QED) is 0.838. The van der Waals surface area contributed by atoms with Gasteiger partial charge in [0.05, 0.1) is 6.10 Å². The van der Waals surface area contributed by atoms with Gasteiger partial charge in [-0.15, -0.1) is 0 Å². The third-order valence-electron chi connectivity index (χ3n) is 2.58. The Morgan fingerprint density at radius 1 is 1.30 bits per heavy atom. The first-order valence-corrected chi connectivity index (χ1v) is 7.17. The zero-order chi connectivity index (χ0) is 15.3. The van der Waals surface area contributed by atoms with E-state index in [-0.39, 0.29) is 17.6 Å². The maximum Gasteiger partial charge on any atom is 0.226 e. The van der Waals surface area contributed by atoms with Crippen LogP contribution in [0, 0.1) is 12.3 Å². The van der Waals surface area contributed by atoms with Gasteiger partial charge in [0, 0.05) is 24.3 Å². The van der Waals surface area contributed by atoms with Crippen molar-refractivity contribution in [3.05, 3.63) is 11.8 Å². The molecule has 0 aliphatic heterocycles. The third-order valence-corrected chi connectivity index (χ3v) is 2.58. The van der Waals surface area contributed by atoms with Gasteiger partial charge >= 0.3 is 0 Å². The Kier molecular flexibility index (Phi) is 5.74. The molecule has 0 aliphatic carbocycles. The summed E-state index contributed by atoms with van der Waals surface area (Å²) in [7, 11) is 0. The standard InChI is InChI=1S/C15H28N4O/c1-10(2)20-13-7-11(3)18-14(19-13)17-9-12(16)8-15(4,5)6/h7,10,12H,8-9,16H2,1-6H3,(H,17,18,19). The van der Waals surface area contributed by atoms with Crippen molar-refractivity contribution in [3.8, 4) is 5.88 Å². The van der Waals surface area contributed by atoms with Gasteiger partial charge in [0.15, 0.2) is 0 Å². The molecule has 3 N–H and O–H groups in total. The van der Waals surface area contributed by atoms with Gasteiger partial charge in [0.2, 0.25) is 11.8 Å². The Bertz CT molecular complexity index is 426. The van der Waals surface area contributed by atoms with Crippen LogP contribution in [-0.4, -0.2) is 28.7 Å². The Morgan fingerprint density at radius 3 is 2.50 bits per heavy atom. The maximum atomic E-state index is 6.12. The molecule has 1 aromatic rings. The van der Waals surface area contributed by atoms with Crippen LogP contribution in [0.15, 0.2) is 6.07 Å². The zero-order valence-electron chi connectivity index (χ0n) is 13.5. The van der Waals surface area contributed by atoms with Crippen LogP contribution in [0.4, 0.5) is 5.95 Å². The molecule has 1 heterocycles. The first kappa shape index (κ1) is 16.7.